The third-order valence-corrected chi connectivity index (χ3v) is 4.05. The fourth-order valence-electron chi connectivity index (χ4n) is 2.26. The maximum absolute atomic E-state index is 4.71. The molecule has 96 valence electrons. The van der Waals surface area contributed by atoms with Crippen molar-refractivity contribution in [2.75, 3.05) is 23.3 Å². The molecule has 0 spiro atoms. The molecule has 4 nitrogen and oxygen atoms in total. The predicted octanol–water partition coefficient (Wildman–Crippen LogP) is 3.11. The molecular formula is C13H18N4S. The summed E-state index contributed by atoms with van der Waals surface area (Å²) in [5, 5.41) is 6.51. The van der Waals surface area contributed by atoms with Crippen molar-refractivity contribution in [2.24, 2.45) is 0 Å². The van der Waals surface area contributed by atoms with Crippen LogP contribution in [0.2, 0.25) is 0 Å². The van der Waals surface area contributed by atoms with Crippen molar-refractivity contribution in [2.45, 2.75) is 32.7 Å². The molecule has 3 rings (SSSR count). The molecule has 1 aliphatic rings. The molecule has 0 aliphatic heterocycles. The zero-order valence-corrected chi connectivity index (χ0v) is 11.6. The summed E-state index contributed by atoms with van der Waals surface area (Å²) < 4.78 is 0. The first-order valence-electron chi connectivity index (χ1n) is 6.59. The lowest BCUT2D eigenvalue weighted by molar-refractivity contribution is 0.812. The number of hydrogen-bond donors (Lipinski definition) is 1. The summed E-state index contributed by atoms with van der Waals surface area (Å²) in [5.41, 5.74) is 0. The third kappa shape index (κ3) is 2.03. The standard InChI is InChI=1S/C13H18N4S/c1-3-14-13-15-11(17(4-2)9-5-6-9)10-7-8-18-12(10)16-13/h7-9H,3-6H2,1-2H3,(H,14,15,16). The Bertz CT molecular complexity index is 547. The Labute approximate surface area is 111 Å². The van der Waals surface area contributed by atoms with Gasteiger partial charge < -0.3 is 10.2 Å². The van der Waals surface area contributed by atoms with E-state index < -0.39 is 0 Å². The number of thiophene rings is 1. The largest absolute Gasteiger partial charge is 0.354 e. The molecule has 5 heteroatoms. The van der Waals surface area contributed by atoms with Crippen molar-refractivity contribution in [3.05, 3.63) is 11.4 Å². The van der Waals surface area contributed by atoms with Gasteiger partial charge in [0.1, 0.15) is 10.6 Å². The number of rotatable bonds is 5. The zero-order valence-electron chi connectivity index (χ0n) is 10.8. The van der Waals surface area contributed by atoms with E-state index in [-0.39, 0.29) is 0 Å². The van der Waals surface area contributed by atoms with Gasteiger partial charge in [-0.05, 0) is 38.1 Å². The number of fused-ring (bicyclic) bond motifs is 1. The highest BCUT2D eigenvalue weighted by Crippen LogP contribution is 2.35. The van der Waals surface area contributed by atoms with Gasteiger partial charge in [-0.2, -0.15) is 4.98 Å². The zero-order chi connectivity index (χ0) is 12.5. The Balaban J connectivity index is 2.08. The van der Waals surface area contributed by atoms with Gasteiger partial charge in [0.05, 0.1) is 5.39 Å². The predicted molar refractivity (Wildman–Crippen MR) is 77.6 cm³/mol. The average Bonchev–Trinajstić information content (AvgIpc) is 3.08. The van der Waals surface area contributed by atoms with Gasteiger partial charge in [-0.1, -0.05) is 0 Å². The molecule has 2 heterocycles. The summed E-state index contributed by atoms with van der Waals surface area (Å²) in [4.78, 5) is 12.8. The van der Waals surface area contributed by atoms with Crippen LogP contribution in [-0.2, 0) is 0 Å². The summed E-state index contributed by atoms with van der Waals surface area (Å²) >= 11 is 1.68. The minimum absolute atomic E-state index is 0.683. The van der Waals surface area contributed by atoms with Crippen LogP contribution in [0.5, 0.6) is 0 Å². The van der Waals surface area contributed by atoms with Crippen LogP contribution < -0.4 is 10.2 Å². The molecule has 1 N–H and O–H groups in total. The van der Waals surface area contributed by atoms with E-state index in [4.69, 9.17) is 4.98 Å². The Hall–Kier alpha value is -1.36. The molecule has 0 atom stereocenters. The molecule has 1 saturated carbocycles. The van der Waals surface area contributed by atoms with Gasteiger partial charge in [0.15, 0.2) is 0 Å². The van der Waals surface area contributed by atoms with Crippen LogP contribution in [0, 0.1) is 0 Å². The number of nitrogens with one attached hydrogen (secondary N) is 1. The fraction of sp³-hybridized carbons (Fsp3) is 0.538. The van der Waals surface area contributed by atoms with Crippen LogP contribution in [0.15, 0.2) is 11.4 Å². The second kappa shape index (κ2) is 4.72. The van der Waals surface area contributed by atoms with E-state index in [1.165, 1.54) is 18.2 Å². The molecule has 1 fully saturated rings. The summed E-state index contributed by atoms with van der Waals surface area (Å²) in [7, 11) is 0. The summed E-state index contributed by atoms with van der Waals surface area (Å²) in [5.74, 6) is 1.85. The van der Waals surface area contributed by atoms with Crippen molar-refractivity contribution in [1.82, 2.24) is 9.97 Å². The van der Waals surface area contributed by atoms with Gasteiger partial charge in [0.2, 0.25) is 5.95 Å². The SMILES string of the molecule is CCNc1nc(N(CC)C2CC2)c2ccsc2n1. The monoisotopic (exact) mass is 262 g/mol. The normalized spacial score (nSPS) is 15.0. The van der Waals surface area contributed by atoms with Gasteiger partial charge in [0, 0.05) is 19.1 Å². The van der Waals surface area contributed by atoms with E-state index in [1.807, 2.05) is 0 Å². The first kappa shape index (κ1) is 11.7. The molecular weight excluding hydrogens is 244 g/mol. The first-order chi connectivity index (χ1) is 8.83. The maximum Gasteiger partial charge on any atom is 0.226 e. The molecule has 0 amide bonds. The fourth-order valence-corrected chi connectivity index (χ4v) is 3.02. The first-order valence-corrected chi connectivity index (χ1v) is 7.47. The third-order valence-electron chi connectivity index (χ3n) is 3.24. The van der Waals surface area contributed by atoms with Gasteiger partial charge in [0.25, 0.3) is 0 Å². The lowest BCUT2D eigenvalue weighted by atomic mass is 10.3. The Kier molecular flexibility index (Phi) is 3.07. The Morgan fingerprint density at radius 2 is 2.22 bits per heavy atom. The highest BCUT2D eigenvalue weighted by molar-refractivity contribution is 7.16. The Morgan fingerprint density at radius 1 is 1.39 bits per heavy atom. The van der Waals surface area contributed by atoms with Crippen LogP contribution in [0.25, 0.3) is 10.2 Å². The van der Waals surface area contributed by atoms with Crippen LogP contribution in [-0.4, -0.2) is 29.1 Å². The second-order valence-corrected chi connectivity index (χ2v) is 5.45. The van der Waals surface area contributed by atoms with Crippen LogP contribution in [0.4, 0.5) is 11.8 Å². The smallest absolute Gasteiger partial charge is 0.226 e. The summed E-state index contributed by atoms with van der Waals surface area (Å²) in [6, 6.07) is 2.82. The summed E-state index contributed by atoms with van der Waals surface area (Å²) in [6.07, 6.45) is 2.58. The highest BCUT2D eigenvalue weighted by atomic mass is 32.1. The lowest BCUT2D eigenvalue weighted by Crippen LogP contribution is -2.26. The molecule has 0 unspecified atom stereocenters. The van der Waals surface area contributed by atoms with Gasteiger partial charge in [-0.25, -0.2) is 4.98 Å². The van der Waals surface area contributed by atoms with Gasteiger partial charge in [-0.15, -0.1) is 11.3 Å². The molecule has 0 saturated heterocycles. The van der Waals surface area contributed by atoms with E-state index in [9.17, 15) is 0 Å². The minimum Gasteiger partial charge on any atom is -0.354 e. The second-order valence-electron chi connectivity index (χ2n) is 4.56. The average molecular weight is 262 g/mol. The molecule has 18 heavy (non-hydrogen) atoms. The van der Waals surface area contributed by atoms with Crippen LogP contribution in [0.3, 0.4) is 0 Å². The topological polar surface area (TPSA) is 41.1 Å². The molecule has 2 aromatic rings. The molecule has 0 aromatic carbocycles. The van der Waals surface area contributed by atoms with E-state index in [1.54, 1.807) is 11.3 Å². The molecule has 0 radical (unpaired) electrons. The van der Waals surface area contributed by atoms with Crippen molar-refractivity contribution in [3.63, 3.8) is 0 Å². The number of anilines is 2. The van der Waals surface area contributed by atoms with E-state index >= 15 is 0 Å². The van der Waals surface area contributed by atoms with Gasteiger partial charge in [-0.3, -0.25) is 0 Å². The van der Waals surface area contributed by atoms with E-state index in [0.717, 1.165) is 29.7 Å². The molecule has 1 aliphatic carbocycles. The van der Waals surface area contributed by atoms with E-state index in [0.29, 0.717) is 6.04 Å². The molecule has 2 aromatic heterocycles. The Morgan fingerprint density at radius 3 is 2.89 bits per heavy atom. The van der Waals surface area contributed by atoms with E-state index in [2.05, 4.69) is 40.5 Å². The van der Waals surface area contributed by atoms with Gasteiger partial charge >= 0.3 is 0 Å². The van der Waals surface area contributed by atoms with Crippen LogP contribution >= 0.6 is 11.3 Å². The van der Waals surface area contributed by atoms with Crippen LogP contribution in [0.1, 0.15) is 26.7 Å². The highest BCUT2D eigenvalue weighted by Gasteiger charge is 2.30. The van der Waals surface area contributed by atoms with Crippen molar-refractivity contribution >= 4 is 33.3 Å². The maximum atomic E-state index is 4.71. The van der Waals surface area contributed by atoms with Crippen molar-refractivity contribution < 1.29 is 0 Å². The number of hydrogen-bond acceptors (Lipinski definition) is 5. The molecule has 0 bridgehead atoms. The minimum atomic E-state index is 0.683. The number of nitrogens with zero attached hydrogens (tertiary/aromatic N) is 3. The van der Waals surface area contributed by atoms with Crippen molar-refractivity contribution in [1.29, 1.82) is 0 Å². The quantitative estimate of drug-likeness (QED) is 0.899. The number of aromatic nitrogens is 2. The van der Waals surface area contributed by atoms with Crippen molar-refractivity contribution in [3.8, 4) is 0 Å². The lowest BCUT2D eigenvalue weighted by Gasteiger charge is -2.22. The summed E-state index contributed by atoms with van der Waals surface area (Å²) in [6.45, 7) is 6.13.